The number of hydrogen-bond acceptors (Lipinski definition) is 3. The summed E-state index contributed by atoms with van der Waals surface area (Å²) in [6.07, 6.45) is 3.24. The van der Waals surface area contributed by atoms with Crippen molar-refractivity contribution in [3.63, 3.8) is 0 Å². The molecule has 0 atom stereocenters. The van der Waals surface area contributed by atoms with Gasteiger partial charge in [-0.15, -0.1) is 0 Å². The topological polar surface area (TPSA) is 51.2 Å². The van der Waals surface area contributed by atoms with Crippen LogP contribution in [0.15, 0.2) is 22.9 Å². The highest BCUT2D eigenvalue weighted by Crippen LogP contribution is 2.17. The van der Waals surface area contributed by atoms with Gasteiger partial charge in [-0.25, -0.2) is 4.98 Å². The Morgan fingerprint density at radius 3 is 2.81 bits per heavy atom. The first-order valence-electron chi connectivity index (χ1n) is 5.26. The van der Waals surface area contributed by atoms with Gasteiger partial charge in [-0.05, 0) is 40.9 Å². The molecule has 1 aliphatic heterocycles. The van der Waals surface area contributed by atoms with E-state index in [1.807, 2.05) is 6.07 Å². The van der Waals surface area contributed by atoms with Crippen LogP contribution in [0.4, 0.5) is 5.69 Å². The monoisotopic (exact) mass is 284 g/mol. The highest BCUT2D eigenvalue weighted by atomic mass is 79.9. The summed E-state index contributed by atoms with van der Waals surface area (Å²) in [6.45, 7) is 1.35. The summed E-state index contributed by atoms with van der Waals surface area (Å²) in [5.41, 5.74) is 0.736. The van der Waals surface area contributed by atoms with Gasteiger partial charge >= 0.3 is 0 Å². The average Bonchev–Trinajstić information content (AvgIpc) is 2.33. The van der Waals surface area contributed by atoms with Gasteiger partial charge in [-0.2, -0.15) is 0 Å². The zero-order valence-electron chi connectivity index (χ0n) is 8.78. The van der Waals surface area contributed by atoms with Gasteiger partial charge in [0.25, 0.3) is 0 Å². The van der Waals surface area contributed by atoms with Gasteiger partial charge in [0.1, 0.15) is 4.60 Å². The first-order valence-corrected chi connectivity index (χ1v) is 6.05. The Balaban J connectivity index is 1.93. The lowest BCUT2D eigenvalue weighted by atomic mass is 9.99. The number of rotatable bonds is 2. The lowest BCUT2D eigenvalue weighted by Crippen LogP contribution is -2.28. The van der Waals surface area contributed by atoms with Crippen molar-refractivity contribution >= 4 is 27.5 Å². The van der Waals surface area contributed by atoms with Crippen LogP contribution in [0, 0.1) is 5.92 Å². The summed E-state index contributed by atoms with van der Waals surface area (Å²) in [5.74, 6) is 0.129. The molecule has 0 spiro atoms. The number of halogens is 1. The van der Waals surface area contributed by atoms with Crippen molar-refractivity contribution in [2.45, 2.75) is 12.8 Å². The third-order valence-corrected chi connectivity index (χ3v) is 3.06. The van der Waals surface area contributed by atoms with Crippen molar-refractivity contribution < 1.29 is 9.53 Å². The number of ether oxygens (including phenoxy) is 1. The Kier molecular flexibility index (Phi) is 3.90. The maximum Gasteiger partial charge on any atom is 0.227 e. The second kappa shape index (κ2) is 5.41. The van der Waals surface area contributed by atoms with Gasteiger partial charge < -0.3 is 10.1 Å². The molecule has 1 amide bonds. The van der Waals surface area contributed by atoms with Crippen LogP contribution in [-0.2, 0) is 9.53 Å². The Hall–Kier alpha value is -0.940. The van der Waals surface area contributed by atoms with Crippen LogP contribution < -0.4 is 5.32 Å². The second-order valence-electron chi connectivity index (χ2n) is 3.75. The number of hydrogen-bond donors (Lipinski definition) is 1. The molecule has 0 aromatic carbocycles. The maximum absolute atomic E-state index is 11.8. The largest absolute Gasteiger partial charge is 0.381 e. The third kappa shape index (κ3) is 3.02. The molecular formula is C11H13BrN2O2. The summed E-state index contributed by atoms with van der Waals surface area (Å²) >= 11 is 3.25. The van der Waals surface area contributed by atoms with Crippen LogP contribution in [-0.4, -0.2) is 24.1 Å². The minimum absolute atomic E-state index is 0.0624. The minimum Gasteiger partial charge on any atom is -0.381 e. The molecular weight excluding hydrogens is 272 g/mol. The lowest BCUT2D eigenvalue weighted by molar-refractivity contribution is -0.122. The van der Waals surface area contributed by atoms with Crippen LogP contribution in [0.5, 0.6) is 0 Å². The number of anilines is 1. The molecule has 0 unspecified atom stereocenters. The summed E-state index contributed by atoms with van der Waals surface area (Å²) in [5, 5.41) is 2.86. The molecule has 0 saturated carbocycles. The van der Waals surface area contributed by atoms with E-state index < -0.39 is 0 Å². The molecule has 1 fully saturated rings. The molecule has 2 rings (SSSR count). The fraction of sp³-hybridized carbons (Fsp3) is 0.455. The predicted octanol–water partition coefficient (Wildman–Crippen LogP) is 2.21. The highest BCUT2D eigenvalue weighted by Gasteiger charge is 2.21. The summed E-state index contributed by atoms with van der Waals surface area (Å²) in [6, 6.07) is 3.63. The van der Waals surface area contributed by atoms with Crippen LogP contribution in [0.1, 0.15) is 12.8 Å². The van der Waals surface area contributed by atoms with Crippen molar-refractivity contribution in [1.29, 1.82) is 0 Å². The summed E-state index contributed by atoms with van der Waals surface area (Å²) < 4.78 is 5.98. The second-order valence-corrected chi connectivity index (χ2v) is 4.56. The SMILES string of the molecule is O=C(Nc1ccc(Br)nc1)C1CCOCC1. The Bertz CT molecular complexity index is 361. The smallest absolute Gasteiger partial charge is 0.227 e. The number of aromatic nitrogens is 1. The van der Waals surface area contributed by atoms with Crippen LogP contribution in [0.25, 0.3) is 0 Å². The first-order chi connectivity index (χ1) is 7.75. The van der Waals surface area contributed by atoms with E-state index in [0.29, 0.717) is 13.2 Å². The zero-order chi connectivity index (χ0) is 11.4. The highest BCUT2D eigenvalue weighted by molar-refractivity contribution is 9.10. The van der Waals surface area contributed by atoms with Crippen molar-refractivity contribution in [3.8, 4) is 0 Å². The fourth-order valence-electron chi connectivity index (χ4n) is 1.65. The number of nitrogens with zero attached hydrogens (tertiary/aromatic N) is 1. The van der Waals surface area contributed by atoms with E-state index in [1.165, 1.54) is 0 Å². The van der Waals surface area contributed by atoms with Crippen molar-refractivity contribution in [1.82, 2.24) is 4.98 Å². The third-order valence-electron chi connectivity index (χ3n) is 2.59. The minimum atomic E-state index is 0.0624. The van der Waals surface area contributed by atoms with E-state index in [-0.39, 0.29) is 11.8 Å². The quantitative estimate of drug-likeness (QED) is 0.848. The van der Waals surface area contributed by atoms with Crippen molar-refractivity contribution in [3.05, 3.63) is 22.9 Å². The fourth-order valence-corrected chi connectivity index (χ4v) is 1.89. The van der Waals surface area contributed by atoms with Crippen molar-refractivity contribution in [2.75, 3.05) is 18.5 Å². The standard InChI is InChI=1S/C11H13BrN2O2/c12-10-2-1-9(7-13-10)14-11(15)8-3-5-16-6-4-8/h1-2,7-8H,3-6H2,(H,14,15). The number of nitrogens with one attached hydrogen (secondary N) is 1. The van der Waals surface area contributed by atoms with Gasteiger partial charge in [0.15, 0.2) is 0 Å². The molecule has 4 nitrogen and oxygen atoms in total. The van der Waals surface area contributed by atoms with Crippen LogP contribution >= 0.6 is 15.9 Å². The van der Waals surface area contributed by atoms with E-state index in [4.69, 9.17) is 4.74 Å². The Morgan fingerprint density at radius 1 is 1.44 bits per heavy atom. The molecule has 2 heterocycles. The maximum atomic E-state index is 11.8. The zero-order valence-corrected chi connectivity index (χ0v) is 10.4. The Labute approximate surface area is 103 Å². The van der Waals surface area contributed by atoms with Gasteiger partial charge in [-0.3, -0.25) is 4.79 Å². The first kappa shape index (κ1) is 11.5. The molecule has 0 radical (unpaired) electrons. The van der Waals surface area contributed by atoms with E-state index in [9.17, 15) is 4.79 Å². The number of pyridine rings is 1. The molecule has 1 aliphatic rings. The van der Waals surface area contributed by atoms with Gasteiger partial charge in [-0.1, -0.05) is 0 Å². The summed E-state index contributed by atoms with van der Waals surface area (Å²) in [7, 11) is 0. The molecule has 1 aromatic rings. The van der Waals surface area contributed by atoms with Gasteiger partial charge in [0, 0.05) is 19.1 Å². The number of amides is 1. The van der Waals surface area contributed by atoms with Crippen molar-refractivity contribution in [2.24, 2.45) is 5.92 Å². The van der Waals surface area contributed by atoms with Gasteiger partial charge in [0.05, 0.1) is 11.9 Å². The molecule has 86 valence electrons. The molecule has 0 aliphatic carbocycles. The number of carbonyl (C=O) groups excluding carboxylic acids is 1. The van der Waals surface area contributed by atoms with E-state index in [2.05, 4.69) is 26.2 Å². The van der Waals surface area contributed by atoms with Crippen LogP contribution in [0.3, 0.4) is 0 Å². The normalized spacial score (nSPS) is 17.1. The molecule has 0 bridgehead atoms. The lowest BCUT2D eigenvalue weighted by Gasteiger charge is -2.21. The van der Waals surface area contributed by atoms with Crippen LogP contribution in [0.2, 0.25) is 0 Å². The van der Waals surface area contributed by atoms with Gasteiger partial charge in [0.2, 0.25) is 5.91 Å². The molecule has 1 aromatic heterocycles. The van der Waals surface area contributed by atoms with E-state index in [0.717, 1.165) is 23.1 Å². The predicted molar refractivity (Wildman–Crippen MR) is 64.1 cm³/mol. The molecule has 1 N–H and O–H groups in total. The van der Waals surface area contributed by atoms with E-state index in [1.54, 1.807) is 12.3 Å². The summed E-state index contributed by atoms with van der Waals surface area (Å²) in [4.78, 5) is 15.9. The molecule has 5 heteroatoms. The average molecular weight is 285 g/mol. The number of carbonyl (C=O) groups is 1. The van der Waals surface area contributed by atoms with E-state index >= 15 is 0 Å². The molecule has 1 saturated heterocycles. The Morgan fingerprint density at radius 2 is 2.19 bits per heavy atom. The molecule has 16 heavy (non-hydrogen) atoms.